The van der Waals surface area contributed by atoms with E-state index < -0.39 is 11.8 Å². The molecular weight excluding hydrogens is 216 g/mol. The standard InChI is InChI=1S/C13H16N2O2/c1-3-10-6-4-5-9(2)11(10)15-8-7-14-12(16)13(15)17/h4-6H,3,7-8H2,1-2H3,(H,14,16). The summed E-state index contributed by atoms with van der Waals surface area (Å²) >= 11 is 0. The Balaban J connectivity index is 2.45. The van der Waals surface area contributed by atoms with Crippen LogP contribution in [0.25, 0.3) is 0 Å². The second-order valence-corrected chi connectivity index (χ2v) is 4.15. The third kappa shape index (κ3) is 2.02. The SMILES string of the molecule is CCc1cccc(C)c1N1CCNC(=O)C1=O. The van der Waals surface area contributed by atoms with Gasteiger partial charge < -0.3 is 10.2 Å². The van der Waals surface area contributed by atoms with Gasteiger partial charge in [0.2, 0.25) is 0 Å². The molecule has 90 valence electrons. The van der Waals surface area contributed by atoms with Gasteiger partial charge in [0, 0.05) is 13.1 Å². The molecule has 2 amide bonds. The Morgan fingerprint density at radius 1 is 1.35 bits per heavy atom. The largest absolute Gasteiger partial charge is 0.346 e. The fourth-order valence-electron chi connectivity index (χ4n) is 2.19. The van der Waals surface area contributed by atoms with Gasteiger partial charge in [0.1, 0.15) is 0 Å². The zero-order valence-electron chi connectivity index (χ0n) is 10.1. The molecule has 1 aliphatic heterocycles. The van der Waals surface area contributed by atoms with Gasteiger partial charge in [-0.2, -0.15) is 0 Å². The van der Waals surface area contributed by atoms with Crippen molar-refractivity contribution in [3.05, 3.63) is 29.3 Å². The van der Waals surface area contributed by atoms with Crippen molar-refractivity contribution < 1.29 is 9.59 Å². The van der Waals surface area contributed by atoms with E-state index in [-0.39, 0.29) is 0 Å². The van der Waals surface area contributed by atoms with Crippen LogP contribution in [0.1, 0.15) is 18.1 Å². The first-order valence-electron chi connectivity index (χ1n) is 5.83. The van der Waals surface area contributed by atoms with Crippen molar-refractivity contribution in [2.24, 2.45) is 0 Å². The molecule has 4 heteroatoms. The molecule has 0 bridgehead atoms. The number of aryl methyl sites for hydroxylation is 2. The molecule has 2 rings (SSSR count). The molecule has 0 unspecified atom stereocenters. The van der Waals surface area contributed by atoms with Crippen molar-refractivity contribution in [2.45, 2.75) is 20.3 Å². The lowest BCUT2D eigenvalue weighted by Crippen LogP contribution is -2.52. The van der Waals surface area contributed by atoms with Crippen LogP contribution in [0.2, 0.25) is 0 Å². The lowest BCUT2D eigenvalue weighted by molar-refractivity contribution is -0.138. The Morgan fingerprint density at radius 3 is 2.82 bits per heavy atom. The van der Waals surface area contributed by atoms with E-state index in [1.807, 2.05) is 32.0 Å². The van der Waals surface area contributed by atoms with Crippen molar-refractivity contribution >= 4 is 17.5 Å². The fraction of sp³-hybridized carbons (Fsp3) is 0.385. The molecular formula is C13H16N2O2. The molecule has 1 N–H and O–H groups in total. The highest BCUT2D eigenvalue weighted by atomic mass is 16.2. The number of amides is 2. The monoisotopic (exact) mass is 232 g/mol. The van der Waals surface area contributed by atoms with Crippen LogP contribution in [0.15, 0.2) is 18.2 Å². The first-order valence-corrected chi connectivity index (χ1v) is 5.83. The summed E-state index contributed by atoms with van der Waals surface area (Å²) in [4.78, 5) is 24.8. The Labute approximate surface area is 101 Å². The summed E-state index contributed by atoms with van der Waals surface area (Å²) in [5, 5.41) is 2.56. The maximum absolute atomic E-state index is 11.9. The third-order valence-electron chi connectivity index (χ3n) is 3.03. The minimum atomic E-state index is -0.512. The fourth-order valence-corrected chi connectivity index (χ4v) is 2.19. The highest BCUT2D eigenvalue weighted by molar-refractivity contribution is 6.41. The highest BCUT2D eigenvalue weighted by Gasteiger charge is 2.29. The lowest BCUT2D eigenvalue weighted by Gasteiger charge is -2.29. The zero-order valence-corrected chi connectivity index (χ0v) is 10.1. The number of piperazine rings is 1. The van der Waals surface area contributed by atoms with Gasteiger partial charge in [0.15, 0.2) is 0 Å². The molecule has 1 saturated heterocycles. The Morgan fingerprint density at radius 2 is 2.12 bits per heavy atom. The van der Waals surface area contributed by atoms with E-state index in [2.05, 4.69) is 5.32 Å². The maximum atomic E-state index is 11.9. The van der Waals surface area contributed by atoms with Crippen molar-refractivity contribution in [1.29, 1.82) is 0 Å². The summed E-state index contributed by atoms with van der Waals surface area (Å²) in [7, 11) is 0. The van der Waals surface area contributed by atoms with Crippen LogP contribution in [-0.2, 0) is 16.0 Å². The van der Waals surface area contributed by atoms with E-state index in [9.17, 15) is 9.59 Å². The average Bonchev–Trinajstić information content (AvgIpc) is 2.33. The molecule has 0 aliphatic carbocycles. The molecule has 0 spiro atoms. The quantitative estimate of drug-likeness (QED) is 0.774. The van der Waals surface area contributed by atoms with Gasteiger partial charge in [0.05, 0.1) is 5.69 Å². The molecule has 4 nitrogen and oxygen atoms in total. The number of rotatable bonds is 2. The second-order valence-electron chi connectivity index (χ2n) is 4.15. The van der Waals surface area contributed by atoms with Crippen molar-refractivity contribution in [2.75, 3.05) is 18.0 Å². The number of para-hydroxylation sites is 1. The van der Waals surface area contributed by atoms with Gasteiger partial charge in [-0.25, -0.2) is 0 Å². The normalized spacial score (nSPS) is 16.0. The molecule has 0 saturated carbocycles. The summed E-state index contributed by atoms with van der Waals surface area (Å²) in [5.74, 6) is -0.971. The molecule has 0 radical (unpaired) electrons. The van der Waals surface area contributed by atoms with Gasteiger partial charge in [-0.15, -0.1) is 0 Å². The van der Waals surface area contributed by atoms with Gasteiger partial charge in [0.25, 0.3) is 0 Å². The summed E-state index contributed by atoms with van der Waals surface area (Å²) in [6.07, 6.45) is 0.850. The minimum absolute atomic E-state index is 0.458. The number of carbonyl (C=O) groups is 2. The summed E-state index contributed by atoms with van der Waals surface area (Å²) < 4.78 is 0. The number of hydrogen-bond acceptors (Lipinski definition) is 2. The first-order chi connectivity index (χ1) is 8.15. The van der Waals surface area contributed by atoms with Gasteiger partial charge in [-0.1, -0.05) is 25.1 Å². The number of benzene rings is 1. The minimum Gasteiger partial charge on any atom is -0.346 e. The molecule has 17 heavy (non-hydrogen) atoms. The number of carbonyl (C=O) groups excluding carboxylic acids is 2. The molecule has 1 aliphatic rings. The van der Waals surface area contributed by atoms with E-state index >= 15 is 0 Å². The van der Waals surface area contributed by atoms with E-state index in [1.165, 1.54) is 0 Å². The third-order valence-corrected chi connectivity index (χ3v) is 3.03. The predicted octanol–water partition coefficient (Wildman–Crippen LogP) is 1.02. The number of nitrogens with zero attached hydrogens (tertiary/aromatic N) is 1. The first kappa shape index (κ1) is 11.6. The topological polar surface area (TPSA) is 49.4 Å². The smallest absolute Gasteiger partial charge is 0.316 e. The molecule has 1 fully saturated rings. The second kappa shape index (κ2) is 4.57. The lowest BCUT2D eigenvalue weighted by atomic mass is 10.0. The van der Waals surface area contributed by atoms with Crippen LogP contribution in [-0.4, -0.2) is 24.9 Å². The van der Waals surface area contributed by atoms with Gasteiger partial charge in [-0.3, -0.25) is 9.59 Å². The van der Waals surface area contributed by atoms with Crippen LogP contribution in [0.3, 0.4) is 0 Å². The Hall–Kier alpha value is -1.84. The van der Waals surface area contributed by atoms with Crippen LogP contribution >= 0.6 is 0 Å². The summed E-state index contributed by atoms with van der Waals surface area (Å²) in [6.45, 7) is 5.07. The Kier molecular flexibility index (Phi) is 3.13. The van der Waals surface area contributed by atoms with Crippen molar-refractivity contribution in [3.63, 3.8) is 0 Å². The maximum Gasteiger partial charge on any atom is 0.316 e. The molecule has 1 aromatic rings. The summed E-state index contributed by atoms with van der Waals surface area (Å²) in [5.41, 5.74) is 3.04. The van der Waals surface area contributed by atoms with Crippen LogP contribution in [0, 0.1) is 6.92 Å². The van der Waals surface area contributed by atoms with Crippen molar-refractivity contribution in [1.82, 2.24) is 5.32 Å². The number of nitrogens with one attached hydrogen (secondary N) is 1. The van der Waals surface area contributed by atoms with E-state index in [0.29, 0.717) is 13.1 Å². The van der Waals surface area contributed by atoms with Crippen molar-refractivity contribution in [3.8, 4) is 0 Å². The zero-order chi connectivity index (χ0) is 12.4. The van der Waals surface area contributed by atoms with Gasteiger partial charge in [-0.05, 0) is 24.5 Å². The molecule has 1 heterocycles. The van der Waals surface area contributed by atoms with E-state index in [4.69, 9.17) is 0 Å². The van der Waals surface area contributed by atoms with E-state index in [1.54, 1.807) is 4.90 Å². The summed E-state index contributed by atoms with van der Waals surface area (Å²) in [6, 6.07) is 5.95. The molecule has 0 aromatic heterocycles. The highest BCUT2D eigenvalue weighted by Crippen LogP contribution is 2.26. The van der Waals surface area contributed by atoms with Crippen LogP contribution < -0.4 is 10.2 Å². The molecule has 1 aromatic carbocycles. The van der Waals surface area contributed by atoms with Crippen LogP contribution in [0.4, 0.5) is 5.69 Å². The molecule has 0 atom stereocenters. The Bertz CT molecular complexity index is 468. The number of hydrogen-bond donors (Lipinski definition) is 1. The van der Waals surface area contributed by atoms with Crippen LogP contribution in [0.5, 0.6) is 0 Å². The predicted molar refractivity (Wildman–Crippen MR) is 65.9 cm³/mol. The van der Waals surface area contributed by atoms with E-state index in [0.717, 1.165) is 23.2 Å². The average molecular weight is 232 g/mol. The van der Waals surface area contributed by atoms with Gasteiger partial charge >= 0.3 is 11.8 Å². The number of anilines is 1.